The first-order valence-corrected chi connectivity index (χ1v) is 6.95. The smallest absolute Gasteiger partial charge is 0.255 e. The predicted octanol–water partition coefficient (Wildman–Crippen LogP) is 0.803. The van der Waals surface area contributed by atoms with Crippen molar-refractivity contribution >= 4 is 5.91 Å². The summed E-state index contributed by atoms with van der Waals surface area (Å²) >= 11 is 0. The molecular weight excluding hydrogens is 256 g/mol. The zero-order valence-corrected chi connectivity index (χ0v) is 11.6. The van der Waals surface area contributed by atoms with Crippen LogP contribution in [0.3, 0.4) is 0 Å². The molecule has 5 heteroatoms. The van der Waals surface area contributed by atoms with E-state index in [1.54, 1.807) is 0 Å². The summed E-state index contributed by atoms with van der Waals surface area (Å²) in [5.41, 5.74) is 6.51. The Balaban J connectivity index is 1.72. The highest BCUT2D eigenvalue weighted by atomic mass is 16.5. The molecule has 20 heavy (non-hydrogen) atoms. The fourth-order valence-electron chi connectivity index (χ4n) is 2.26. The summed E-state index contributed by atoms with van der Waals surface area (Å²) < 4.78 is 5.20. The van der Waals surface area contributed by atoms with Crippen molar-refractivity contribution in [3.63, 3.8) is 0 Å². The molecule has 0 heterocycles. The van der Waals surface area contributed by atoms with Crippen LogP contribution in [0.15, 0.2) is 24.3 Å². The number of hydrogen-bond acceptors (Lipinski definition) is 4. The van der Waals surface area contributed by atoms with Crippen LogP contribution in [0.2, 0.25) is 0 Å². The van der Waals surface area contributed by atoms with Gasteiger partial charge in [-0.05, 0) is 42.4 Å². The van der Waals surface area contributed by atoms with E-state index >= 15 is 0 Å². The van der Waals surface area contributed by atoms with E-state index in [1.165, 1.54) is 12.8 Å². The highest BCUT2D eigenvalue weighted by Gasteiger charge is 2.41. The van der Waals surface area contributed by atoms with E-state index in [4.69, 9.17) is 15.6 Å². The Morgan fingerprint density at radius 3 is 2.60 bits per heavy atom. The zero-order chi connectivity index (χ0) is 14.4. The average molecular weight is 278 g/mol. The first-order chi connectivity index (χ1) is 9.63. The lowest BCUT2D eigenvalue weighted by Crippen LogP contribution is -2.24. The molecule has 1 fully saturated rings. The molecule has 110 valence electrons. The molecule has 4 N–H and O–H groups in total. The van der Waals surface area contributed by atoms with Crippen LogP contribution in [-0.2, 0) is 11.3 Å². The van der Waals surface area contributed by atoms with Gasteiger partial charge in [0.2, 0.25) is 0 Å². The molecule has 0 bridgehead atoms. The number of aliphatic hydroxyl groups excluding tert-OH is 1. The molecule has 0 spiro atoms. The third kappa shape index (κ3) is 4.51. The number of nitrogens with one attached hydrogen (secondary N) is 1. The molecule has 1 saturated carbocycles. The van der Waals surface area contributed by atoms with Gasteiger partial charge in [0, 0.05) is 19.7 Å². The maximum absolute atomic E-state index is 10.6. The molecule has 0 unspecified atom stereocenters. The van der Waals surface area contributed by atoms with Gasteiger partial charge in [-0.2, -0.15) is 0 Å². The van der Waals surface area contributed by atoms with E-state index in [9.17, 15) is 4.79 Å². The summed E-state index contributed by atoms with van der Waals surface area (Å²) in [7, 11) is 0. The van der Waals surface area contributed by atoms with Gasteiger partial charge >= 0.3 is 0 Å². The first-order valence-electron chi connectivity index (χ1n) is 6.95. The van der Waals surface area contributed by atoms with Crippen LogP contribution < -0.4 is 15.8 Å². The minimum absolute atomic E-state index is 0.0960. The predicted molar refractivity (Wildman–Crippen MR) is 76.2 cm³/mol. The van der Waals surface area contributed by atoms with Crippen molar-refractivity contribution < 1.29 is 14.6 Å². The lowest BCUT2D eigenvalue weighted by atomic mass is 10.0. The second-order valence-electron chi connectivity index (χ2n) is 5.48. The SMILES string of the molecule is NC(=O)COc1ccc(CNCC2(CCO)CC2)cc1. The second kappa shape index (κ2) is 6.72. The summed E-state index contributed by atoms with van der Waals surface area (Å²) in [6.45, 7) is 1.92. The van der Waals surface area contributed by atoms with Gasteiger partial charge < -0.3 is 20.9 Å². The normalized spacial score (nSPS) is 15.8. The molecule has 5 nitrogen and oxygen atoms in total. The lowest BCUT2D eigenvalue weighted by molar-refractivity contribution is -0.119. The third-order valence-electron chi connectivity index (χ3n) is 3.73. The molecule has 1 aliphatic rings. The molecule has 0 radical (unpaired) electrons. The molecule has 1 aliphatic carbocycles. The summed E-state index contributed by atoms with van der Waals surface area (Å²) in [6.07, 6.45) is 3.31. The number of carbonyl (C=O) groups excluding carboxylic acids is 1. The van der Waals surface area contributed by atoms with Crippen LogP contribution in [0, 0.1) is 5.41 Å². The fourth-order valence-corrected chi connectivity index (χ4v) is 2.26. The Hall–Kier alpha value is -1.59. The van der Waals surface area contributed by atoms with Gasteiger partial charge in [-0.1, -0.05) is 12.1 Å². The van der Waals surface area contributed by atoms with Crippen LogP contribution in [0.1, 0.15) is 24.8 Å². The zero-order valence-electron chi connectivity index (χ0n) is 11.6. The van der Waals surface area contributed by atoms with Gasteiger partial charge in [0.15, 0.2) is 6.61 Å². The Kier molecular flexibility index (Phi) is 4.98. The molecule has 0 aliphatic heterocycles. The Bertz CT molecular complexity index is 441. The van der Waals surface area contributed by atoms with Crippen LogP contribution in [-0.4, -0.2) is 30.8 Å². The van der Waals surface area contributed by atoms with Crippen molar-refractivity contribution in [2.75, 3.05) is 19.8 Å². The van der Waals surface area contributed by atoms with Crippen molar-refractivity contribution in [3.05, 3.63) is 29.8 Å². The maximum Gasteiger partial charge on any atom is 0.255 e. The van der Waals surface area contributed by atoms with Gasteiger partial charge in [-0.25, -0.2) is 0 Å². The molecule has 2 rings (SSSR count). The molecule has 1 aromatic carbocycles. The second-order valence-corrected chi connectivity index (χ2v) is 5.48. The highest BCUT2D eigenvalue weighted by Crippen LogP contribution is 2.47. The molecule has 0 aromatic heterocycles. The number of rotatable bonds is 9. The van der Waals surface area contributed by atoms with Crippen molar-refractivity contribution in [2.24, 2.45) is 11.1 Å². The van der Waals surface area contributed by atoms with Crippen molar-refractivity contribution in [2.45, 2.75) is 25.8 Å². The number of benzene rings is 1. The van der Waals surface area contributed by atoms with E-state index in [0.29, 0.717) is 11.2 Å². The number of amides is 1. The monoisotopic (exact) mass is 278 g/mol. The van der Waals surface area contributed by atoms with Crippen molar-refractivity contribution in [1.29, 1.82) is 0 Å². The molecule has 0 atom stereocenters. The lowest BCUT2D eigenvalue weighted by Gasteiger charge is -2.14. The van der Waals surface area contributed by atoms with Gasteiger partial charge in [0.05, 0.1) is 0 Å². The Morgan fingerprint density at radius 1 is 1.35 bits per heavy atom. The minimum atomic E-state index is -0.477. The maximum atomic E-state index is 10.6. The topological polar surface area (TPSA) is 84.6 Å². The number of carbonyl (C=O) groups is 1. The number of aliphatic hydroxyl groups is 1. The molecule has 1 amide bonds. The number of ether oxygens (including phenoxy) is 1. The van der Waals surface area contributed by atoms with Gasteiger partial charge in [0.25, 0.3) is 5.91 Å². The van der Waals surface area contributed by atoms with E-state index in [-0.39, 0.29) is 13.2 Å². The highest BCUT2D eigenvalue weighted by molar-refractivity contribution is 5.75. The van der Waals surface area contributed by atoms with Gasteiger partial charge in [0.1, 0.15) is 5.75 Å². The fraction of sp³-hybridized carbons (Fsp3) is 0.533. The van der Waals surface area contributed by atoms with Crippen LogP contribution in [0.25, 0.3) is 0 Å². The van der Waals surface area contributed by atoms with E-state index in [0.717, 1.165) is 25.1 Å². The van der Waals surface area contributed by atoms with Gasteiger partial charge in [-0.15, -0.1) is 0 Å². The number of primary amides is 1. The first kappa shape index (κ1) is 14.8. The summed E-state index contributed by atoms with van der Waals surface area (Å²) in [6, 6.07) is 7.60. The molecule has 0 saturated heterocycles. The standard InChI is InChI=1S/C15H22N2O3/c16-14(19)10-20-13-3-1-12(2-4-13)9-17-11-15(5-6-15)7-8-18/h1-4,17-18H,5-11H2,(H2,16,19). The average Bonchev–Trinajstić information content (AvgIpc) is 3.18. The van der Waals surface area contributed by atoms with E-state index in [2.05, 4.69) is 5.32 Å². The third-order valence-corrected chi connectivity index (χ3v) is 3.73. The van der Waals surface area contributed by atoms with E-state index < -0.39 is 5.91 Å². The van der Waals surface area contributed by atoms with Crippen molar-refractivity contribution in [3.8, 4) is 5.75 Å². The summed E-state index contributed by atoms with van der Waals surface area (Å²) in [5, 5.41) is 12.4. The van der Waals surface area contributed by atoms with E-state index in [1.807, 2.05) is 24.3 Å². The molecular formula is C15H22N2O3. The number of nitrogens with two attached hydrogens (primary N) is 1. The van der Waals surface area contributed by atoms with Gasteiger partial charge in [-0.3, -0.25) is 4.79 Å². The largest absolute Gasteiger partial charge is 0.484 e. The van der Waals surface area contributed by atoms with Crippen molar-refractivity contribution in [1.82, 2.24) is 5.32 Å². The summed E-state index contributed by atoms with van der Waals surface area (Å²) in [5.74, 6) is 0.167. The minimum Gasteiger partial charge on any atom is -0.484 e. The Morgan fingerprint density at radius 2 is 2.05 bits per heavy atom. The van der Waals surface area contributed by atoms with Crippen LogP contribution in [0.5, 0.6) is 5.75 Å². The van der Waals surface area contributed by atoms with Crippen LogP contribution in [0.4, 0.5) is 0 Å². The Labute approximate surface area is 119 Å². The van der Waals surface area contributed by atoms with Crippen LogP contribution >= 0.6 is 0 Å². The number of hydrogen-bond donors (Lipinski definition) is 3. The quantitative estimate of drug-likeness (QED) is 0.624. The summed E-state index contributed by atoms with van der Waals surface area (Å²) in [4.78, 5) is 10.6. The molecule has 1 aromatic rings.